The van der Waals surface area contributed by atoms with E-state index in [1.807, 2.05) is 5.32 Å². The highest BCUT2D eigenvalue weighted by molar-refractivity contribution is 5.96. The molecule has 0 radical (unpaired) electrons. The van der Waals surface area contributed by atoms with E-state index in [-0.39, 0.29) is 18.1 Å². The van der Waals surface area contributed by atoms with Crippen molar-refractivity contribution in [3.05, 3.63) is 29.8 Å². The zero-order chi connectivity index (χ0) is 28.3. The molecule has 0 saturated carbocycles. The number of aromatic hydroxyl groups is 1. The molecule has 1 aromatic carbocycles. The average molecular weight is 525 g/mol. The van der Waals surface area contributed by atoms with E-state index in [9.17, 15) is 44.1 Å². The van der Waals surface area contributed by atoms with E-state index >= 15 is 0 Å². The topological polar surface area (TPSA) is 245 Å². The number of carboxylic acid groups (broad SMARTS) is 3. The van der Waals surface area contributed by atoms with Crippen molar-refractivity contribution in [2.24, 2.45) is 11.7 Å². The summed E-state index contributed by atoms with van der Waals surface area (Å²) >= 11 is 0. The van der Waals surface area contributed by atoms with Crippen molar-refractivity contribution in [1.29, 1.82) is 0 Å². The predicted octanol–water partition coefficient (Wildman–Crippen LogP) is -1.20. The van der Waals surface area contributed by atoms with Crippen LogP contribution in [0.2, 0.25) is 0 Å². The molecular formula is C23H32N4O10. The summed E-state index contributed by atoms with van der Waals surface area (Å²) in [7, 11) is 0. The lowest BCUT2D eigenvalue weighted by molar-refractivity contribution is -0.147. The molecule has 0 bridgehead atoms. The summed E-state index contributed by atoms with van der Waals surface area (Å²) in [6.07, 6.45) is -1.47. The number of benzene rings is 1. The van der Waals surface area contributed by atoms with Crippen LogP contribution in [-0.4, -0.2) is 80.2 Å². The Kier molecular flexibility index (Phi) is 12.0. The summed E-state index contributed by atoms with van der Waals surface area (Å²) in [5.41, 5.74) is 6.28. The first-order valence-corrected chi connectivity index (χ1v) is 11.4. The minimum atomic E-state index is -1.81. The second-order valence-corrected chi connectivity index (χ2v) is 8.50. The van der Waals surface area contributed by atoms with Gasteiger partial charge in [0.2, 0.25) is 17.7 Å². The summed E-state index contributed by atoms with van der Waals surface area (Å²) in [6.45, 7) is 3.49. The number of rotatable bonds is 15. The van der Waals surface area contributed by atoms with E-state index in [2.05, 4.69) is 10.6 Å². The second kappa shape index (κ2) is 14.4. The maximum Gasteiger partial charge on any atom is 0.326 e. The highest BCUT2D eigenvalue weighted by Gasteiger charge is 2.32. The van der Waals surface area contributed by atoms with Gasteiger partial charge in [-0.3, -0.25) is 24.0 Å². The number of nitrogens with one attached hydrogen (secondary N) is 3. The monoisotopic (exact) mass is 524 g/mol. The fraction of sp³-hybridized carbons (Fsp3) is 0.478. The summed E-state index contributed by atoms with van der Waals surface area (Å²) in [5, 5.41) is 43.5. The summed E-state index contributed by atoms with van der Waals surface area (Å²) < 4.78 is 0. The second-order valence-electron chi connectivity index (χ2n) is 8.50. The van der Waals surface area contributed by atoms with Crippen molar-refractivity contribution in [2.45, 2.75) is 63.7 Å². The molecular weight excluding hydrogens is 492 g/mol. The van der Waals surface area contributed by atoms with Gasteiger partial charge in [-0.1, -0.05) is 32.4 Å². The Bertz CT molecular complexity index is 998. The van der Waals surface area contributed by atoms with Crippen LogP contribution in [0.15, 0.2) is 24.3 Å². The molecule has 1 aromatic rings. The molecule has 0 saturated heterocycles. The Labute approximate surface area is 212 Å². The van der Waals surface area contributed by atoms with Crippen molar-refractivity contribution in [3.63, 3.8) is 0 Å². The van der Waals surface area contributed by atoms with Crippen molar-refractivity contribution in [3.8, 4) is 5.75 Å². The lowest BCUT2D eigenvalue weighted by atomic mass is 9.98. The van der Waals surface area contributed by atoms with Gasteiger partial charge in [-0.2, -0.15) is 0 Å². The number of hydrogen-bond donors (Lipinski definition) is 8. The maximum atomic E-state index is 13.0. The van der Waals surface area contributed by atoms with Crippen molar-refractivity contribution >= 4 is 35.6 Å². The number of carbonyl (C=O) groups is 6. The van der Waals surface area contributed by atoms with E-state index in [1.54, 1.807) is 13.8 Å². The van der Waals surface area contributed by atoms with E-state index < -0.39 is 72.6 Å². The van der Waals surface area contributed by atoms with Gasteiger partial charge in [0.25, 0.3) is 0 Å². The lowest BCUT2D eigenvalue weighted by Crippen LogP contribution is -2.58. The van der Waals surface area contributed by atoms with Gasteiger partial charge in [-0.05, 0) is 23.6 Å². The normalized spacial score (nSPS) is 14.8. The van der Waals surface area contributed by atoms with Crippen LogP contribution in [0.4, 0.5) is 0 Å². The molecule has 204 valence electrons. The molecule has 5 unspecified atom stereocenters. The van der Waals surface area contributed by atoms with Gasteiger partial charge in [-0.15, -0.1) is 0 Å². The first-order chi connectivity index (χ1) is 17.2. The van der Waals surface area contributed by atoms with Crippen LogP contribution in [0.3, 0.4) is 0 Å². The smallest absolute Gasteiger partial charge is 0.326 e. The largest absolute Gasteiger partial charge is 0.508 e. The van der Waals surface area contributed by atoms with E-state index in [1.165, 1.54) is 24.3 Å². The number of aliphatic carboxylic acids is 3. The number of nitrogens with two attached hydrogens (primary N) is 1. The predicted molar refractivity (Wildman–Crippen MR) is 127 cm³/mol. The summed E-state index contributed by atoms with van der Waals surface area (Å²) in [6, 6.07) is -0.496. The van der Waals surface area contributed by atoms with Gasteiger partial charge in [0, 0.05) is 6.42 Å². The number of phenolic OH excluding ortho intramolecular Hbond substituents is 1. The molecule has 14 nitrogen and oxygen atoms in total. The molecule has 0 aliphatic heterocycles. The van der Waals surface area contributed by atoms with Gasteiger partial charge in [-0.25, -0.2) is 4.79 Å². The Morgan fingerprint density at radius 1 is 0.784 bits per heavy atom. The molecule has 1 rings (SSSR count). The van der Waals surface area contributed by atoms with Gasteiger partial charge in [0.1, 0.15) is 23.9 Å². The first-order valence-electron chi connectivity index (χ1n) is 11.4. The van der Waals surface area contributed by atoms with Gasteiger partial charge in [0.05, 0.1) is 18.9 Å². The summed E-state index contributed by atoms with van der Waals surface area (Å²) in [4.78, 5) is 72.0. The Hall–Kier alpha value is -4.20. The van der Waals surface area contributed by atoms with Crippen LogP contribution in [0.1, 0.15) is 38.7 Å². The molecule has 14 heteroatoms. The molecule has 3 amide bonds. The molecule has 0 spiro atoms. The Morgan fingerprint density at radius 2 is 1.24 bits per heavy atom. The Balaban J connectivity index is 3.20. The molecule has 0 fully saturated rings. The highest BCUT2D eigenvalue weighted by atomic mass is 16.4. The standard InChI is InChI=1S/C23H32N4O10/c1-3-11(2)19(24)22(35)26-15(9-17(29)30)21(34)25-14(8-12-4-6-13(28)7-5-12)20(33)27-16(23(36)37)10-18(31)32/h4-7,11,14-16,19,28H,3,8-10,24H2,1-2H3,(H,25,34)(H,26,35)(H,27,33)(H,29,30)(H,31,32)(H,36,37). The molecule has 0 heterocycles. The first kappa shape index (κ1) is 30.8. The molecule has 5 atom stereocenters. The van der Waals surface area contributed by atoms with E-state index in [0.717, 1.165) is 0 Å². The third-order valence-corrected chi connectivity index (χ3v) is 5.57. The number of hydrogen-bond acceptors (Lipinski definition) is 8. The van der Waals surface area contributed by atoms with Crippen LogP contribution < -0.4 is 21.7 Å². The SMILES string of the molecule is CCC(C)C(N)C(=O)NC(CC(=O)O)C(=O)NC(Cc1ccc(O)cc1)C(=O)NC(CC(=O)O)C(=O)O. The number of carboxylic acids is 3. The van der Waals surface area contributed by atoms with Crippen molar-refractivity contribution in [1.82, 2.24) is 16.0 Å². The zero-order valence-electron chi connectivity index (χ0n) is 20.3. The van der Waals surface area contributed by atoms with Crippen molar-refractivity contribution < 1.29 is 49.2 Å². The molecule has 0 aliphatic rings. The molecule has 37 heavy (non-hydrogen) atoms. The van der Waals surface area contributed by atoms with E-state index in [0.29, 0.717) is 12.0 Å². The van der Waals surface area contributed by atoms with Crippen molar-refractivity contribution in [2.75, 3.05) is 0 Å². The van der Waals surface area contributed by atoms with Crippen LogP contribution in [0.25, 0.3) is 0 Å². The quantitative estimate of drug-likeness (QED) is 0.135. The highest BCUT2D eigenvalue weighted by Crippen LogP contribution is 2.12. The molecule has 9 N–H and O–H groups in total. The number of amides is 3. The van der Waals surface area contributed by atoms with Gasteiger partial charge in [0.15, 0.2) is 0 Å². The number of carbonyl (C=O) groups excluding carboxylic acids is 3. The minimum Gasteiger partial charge on any atom is -0.508 e. The van der Waals surface area contributed by atoms with Crippen LogP contribution in [-0.2, 0) is 35.2 Å². The minimum absolute atomic E-state index is 0.0805. The molecule has 0 aliphatic carbocycles. The van der Waals surface area contributed by atoms with Crippen LogP contribution >= 0.6 is 0 Å². The Morgan fingerprint density at radius 3 is 1.73 bits per heavy atom. The fourth-order valence-electron chi connectivity index (χ4n) is 3.16. The average Bonchev–Trinajstić information content (AvgIpc) is 2.82. The third-order valence-electron chi connectivity index (χ3n) is 5.57. The summed E-state index contributed by atoms with van der Waals surface area (Å²) in [5.74, 6) is -7.80. The maximum absolute atomic E-state index is 13.0. The fourth-order valence-corrected chi connectivity index (χ4v) is 3.16. The van der Waals surface area contributed by atoms with Crippen LogP contribution in [0, 0.1) is 5.92 Å². The lowest BCUT2D eigenvalue weighted by Gasteiger charge is -2.25. The number of phenols is 1. The van der Waals surface area contributed by atoms with Crippen LogP contribution in [0.5, 0.6) is 5.75 Å². The molecule has 0 aromatic heterocycles. The zero-order valence-corrected chi connectivity index (χ0v) is 20.3. The van der Waals surface area contributed by atoms with Gasteiger partial charge < -0.3 is 42.1 Å². The van der Waals surface area contributed by atoms with Gasteiger partial charge >= 0.3 is 17.9 Å². The third kappa shape index (κ3) is 10.5. The van der Waals surface area contributed by atoms with E-state index in [4.69, 9.17) is 10.8 Å².